The van der Waals surface area contributed by atoms with Crippen molar-refractivity contribution in [3.8, 4) is 0 Å². The van der Waals surface area contributed by atoms with Crippen LogP contribution in [0.3, 0.4) is 0 Å². The van der Waals surface area contributed by atoms with Gasteiger partial charge in [-0.2, -0.15) is 0 Å². The Morgan fingerprint density at radius 1 is 1.12 bits per heavy atom. The summed E-state index contributed by atoms with van der Waals surface area (Å²) in [7, 11) is 0. The number of carbonyl (C=O) groups is 1. The van der Waals surface area contributed by atoms with Crippen LogP contribution in [0.5, 0.6) is 0 Å². The van der Waals surface area contributed by atoms with Gasteiger partial charge in [0.05, 0.1) is 0 Å². The van der Waals surface area contributed by atoms with Crippen LogP contribution in [0.4, 0.5) is 5.69 Å². The van der Waals surface area contributed by atoms with Crippen LogP contribution in [0, 0.1) is 0 Å². The van der Waals surface area contributed by atoms with Crippen molar-refractivity contribution in [1.82, 2.24) is 5.32 Å². The van der Waals surface area contributed by atoms with Gasteiger partial charge in [0.25, 0.3) is 0 Å². The average Bonchev–Trinajstić information content (AvgIpc) is 2.54. The molecule has 2 rings (SSSR count). The molecule has 0 atom stereocenters. The number of thiocarbonyl (C=S) groups is 1. The largest absolute Gasteiger partial charge is 0.332 e. The second-order valence-corrected chi connectivity index (χ2v) is 6.36. The van der Waals surface area contributed by atoms with Crippen LogP contribution < -0.4 is 10.6 Å². The van der Waals surface area contributed by atoms with Crippen molar-refractivity contribution >= 4 is 46.6 Å². The number of benzene rings is 2. The third kappa shape index (κ3) is 5.18. The molecule has 0 radical (unpaired) electrons. The Kier molecular flexibility index (Phi) is 6.53. The molecule has 0 unspecified atom stereocenters. The lowest BCUT2D eigenvalue weighted by Crippen LogP contribution is -2.33. The first kappa shape index (κ1) is 18.2. The van der Waals surface area contributed by atoms with Crippen molar-refractivity contribution < 1.29 is 4.79 Å². The highest BCUT2D eigenvalue weighted by atomic mass is 35.5. The minimum atomic E-state index is -0.311. The molecule has 124 valence electrons. The molecule has 5 heteroatoms. The third-order valence-corrected chi connectivity index (χ3v) is 3.94. The summed E-state index contributed by atoms with van der Waals surface area (Å²) in [5.41, 5.74) is 2.81. The maximum atomic E-state index is 12.0. The SMILES string of the molecule is CC(C)c1ccccc1NC(=S)NC(=O)/C=C/c1ccccc1Cl. The van der Waals surface area contributed by atoms with E-state index < -0.39 is 0 Å². The van der Waals surface area contributed by atoms with Crippen molar-refractivity contribution in [2.24, 2.45) is 0 Å². The van der Waals surface area contributed by atoms with E-state index in [9.17, 15) is 4.79 Å². The van der Waals surface area contributed by atoms with Gasteiger partial charge in [0, 0.05) is 16.8 Å². The zero-order valence-electron chi connectivity index (χ0n) is 13.5. The molecule has 2 N–H and O–H groups in total. The molecule has 0 aliphatic rings. The van der Waals surface area contributed by atoms with E-state index in [2.05, 4.69) is 24.5 Å². The molecule has 0 aliphatic carbocycles. The Labute approximate surface area is 152 Å². The second-order valence-electron chi connectivity index (χ2n) is 5.54. The lowest BCUT2D eigenvalue weighted by atomic mass is 10.0. The number of rotatable bonds is 4. The smallest absolute Gasteiger partial charge is 0.250 e. The zero-order chi connectivity index (χ0) is 17.5. The molecular weight excluding hydrogens is 340 g/mol. The molecule has 0 bridgehead atoms. The summed E-state index contributed by atoms with van der Waals surface area (Å²) in [5.74, 6) is 0.0433. The summed E-state index contributed by atoms with van der Waals surface area (Å²) in [4.78, 5) is 12.0. The van der Waals surface area contributed by atoms with E-state index in [-0.39, 0.29) is 11.0 Å². The highest BCUT2D eigenvalue weighted by Crippen LogP contribution is 2.23. The van der Waals surface area contributed by atoms with Gasteiger partial charge in [-0.15, -0.1) is 0 Å². The van der Waals surface area contributed by atoms with Gasteiger partial charge < -0.3 is 5.32 Å². The molecule has 0 spiro atoms. The van der Waals surface area contributed by atoms with Crippen molar-refractivity contribution in [2.75, 3.05) is 5.32 Å². The quantitative estimate of drug-likeness (QED) is 0.597. The van der Waals surface area contributed by atoms with Crippen LogP contribution in [-0.2, 0) is 4.79 Å². The summed E-state index contributed by atoms with van der Waals surface area (Å²) in [6.07, 6.45) is 3.06. The topological polar surface area (TPSA) is 41.1 Å². The Morgan fingerprint density at radius 3 is 2.50 bits per heavy atom. The van der Waals surface area contributed by atoms with Crippen molar-refractivity contribution in [3.05, 3.63) is 70.8 Å². The van der Waals surface area contributed by atoms with E-state index in [0.29, 0.717) is 10.9 Å². The monoisotopic (exact) mass is 358 g/mol. The third-order valence-electron chi connectivity index (χ3n) is 3.39. The highest BCUT2D eigenvalue weighted by Gasteiger charge is 2.08. The molecular formula is C19H19ClN2OS. The number of nitrogens with one attached hydrogen (secondary N) is 2. The molecule has 3 nitrogen and oxygen atoms in total. The van der Waals surface area contributed by atoms with Crippen LogP contribution in [0.2, 0.25) is 5.02 Å². The number of hydrogen-bond acceptors (Lipinski definition) is 2. The van der Waals surface area contributed by atoms with Crippen molar-refractivity contribution in [1.29, 1.82) is 0 Å². The van der Waals surface area contributed by atoms with Crippen LogP contribution in [0.1, 0.15) is 30.9 Å². The van der Waals surface area contributed by atoms with E-state index in [1.807, 2.05) is 42.5 Å². The molecule has 0 heterocycles. The minimum Gasteiger partial charge on any atom is -0.332 e. The predicted molar refractivity (Wildman–Crippen MR) is 105 cm³/mol. The highest BCUT2D eigenvalue weighted by molar-refractivity contribution is 7.80. The number of amides is 1. The number of para-hydroxylation sites is 1. The average molecular weight is 359 g/mol. The zero-order valence-corrected chi connectivity index (χ0v) is 15.1. The van der Waals surface area contributed by atoms with Gasteiger partial charge in [-0.25, -0.2) is 0 Å². The molecule has 2 aromatic carbocycles. The fourth-order valence-corrected chi connectivity index (χ4v) is 2.61. The summed E-state index contributed by atoms with van der Waals surface area (Å²) in [6.45, 7) is 4.21. The lowest BCUT2D eigenvalue weighted by molar-refractivity contribution is -0.115. The molecule has 1 amide bonds. The Bertz CT molecular complexity index is 771. The van der Waals surface area contributed by atoms with Gasteiger partial charge in [-0.1, -0.05) is 61.8 Å². The van der Waals surface area contributed by atoms with Gasteiger partial charge in [0.1, 0.15) is 0 Å². The molecule has 24 heavy (non-hydrogen) atoms. The summed E-state index contributed by atoms with van der Waals surface area (Å²) >= 11 is 11.3. The summed E-state index contributed by atoms with van der Waals surface area (Å²) < 4.78 is 0. The van der Waals surface area contributed by atoms with E-state index in [4.69, 9.17) is 23.8 Å². The van der Waals surface area contributed by atoms with Crippen molar-refractivity contribution in [2.45, 2.75) is 19.8 Å². The molecule has 0 saturated heterocycles. The Balaban J connectivity index is 1.98. The first-order valence-electron chi connectivity index (χ1n) is 7.61. The van der Waals surface area contributed by atoms with Gasteiger partial charge >= 0.3 is 0 Å². The number of hydrogen-bond donors (Lipinski definition) is 2. The predicted octanol–water partition coefficient (Wildman–Crippen LogP) is 4.99. The second kappa shape index (κ2) is 8.62. The van der Waals surface area contributed by atoms with Gasteiger partial charge in [-0.05, 0) is 47.5 Å². The Hall–Kier alpha value is -2.17. The molecule has 0 aromatic heterocycles. The van der Waals surface area contributed by atoms with E-state index >= 15 is 0 Å². The number of anilines is 1. The maximum absolute atomic E-state index is 12.0. The first-order valence-corrected chi connectivity index (χ1v) is 8.39. The Morgan fingerprint density at radius 2 is 1.79 bits per heavy atom. The van der Waals surface area contributed by atoms with Crippen LogP contribution in [0.15, 0.2) is 54.6 Å². The maximum Gasteiger partial charge on any atom is 0.250 e. The lowest BCUT2D eigenvalue weighted by Gasteiger charge is -2.15. The number of carbonyl (C=O) groups excluding carboxylic acids is 1. The van der Waals surface area contributed by atoms with Crippen molar-refractivity contribution in [3.63, 3.8) is 0 Å². The molecule has 2 aromatic rings. The molecule has 0 saturated carbocycles. The van der Waals surface area contributed by atoms with Crippen LogP contribution in [-0.4, -0.2) is 11.0 Å². The van der Waals surface area contributed by atoms with Gasteiger partial charge in [0.2, 0.25) is 5.91 Å². The van der Waals surface area contributed by atoms with Gasteiger partial charge in [-0.3, -0.25) is 10.1 Å². The fourth-order valence-electron chi connectivity index (χ4n) is 2.20. The first-order chi connectivity index (χ1) is 11.5. The van der Waals surface area contributed by atoms with E-state index in [0.717, 1.165) is 16.8 Å². The number of halogens is 1. The standard InChI is InChI=1S/C19H19ClN2OS/c1-13(2)15-8-4-6-10-17(15)21-19(24)22-18(23)12-11-14-7-3-5-9-16(14)20/h3-13H,1-2H3,(H2,21,22,23,24)/b12-11+. The summed E-state index contributed by atoms with van der Waals surface area (Å²) in [5, 5.41) is 6.56. The van der Waals surface area contributed by atoms with Gasteiger partial charge in [0.15, 0.2) is 5.11 Å². The van der Waals surface area contributed by atoms with E-state index in [1.54, 1.807) is 12.1 Å². The summed E-state index contributed by atoms with van der Waals surface area (Å²) in [6, 6.07) is 15.2. The van der Waals surface area contributed by atoms with E-state index in [1.165, 1.54) is 6.08 Å². The normalized spacial score (nSPS) is 10.8. The fraction of sp³-hybridized carbons (Fsp3) is 0.158. The molecule has 0 fully saturated rings. The minimum absolute atomic E-state index is 0.261. The molecule has 0 aliphatic heterocycles. The van der Waals surface area contributed by atoms with Crippen LogP contribution in [0.25, 0.3) is 6.08 Å². The van der Waals surface area contributed by atoms with Crippen LogP contribution >= 0.6 is 23.8 Å².